The van der Waals surface area contributed by atoms with Crippen LogP contribution in [-0.4, -0.2) is 48.5 Å². The minimum atomic E-state index is -0.516. The van der Waals surface area contributed by atoms with E-state index in [0.717, 1.165) is 25.7 Å². The summed E-state index contributed by atoms with van der Waals surface area (Å²) >= 11 is 0. The van der Waals surface area contributed by atoms with Crippen LogP contribution in [0.5, 0.6) is 0 Å². The lowest BCUT2D eigenvalue weighted by molar-refractivity contribution is -0.133. The summed E-state index contributed by atoms with van der Waals surface area (Å²) in [5, 5.41) is 5.62. The van der Waals surface area contributed by atoms with Crippen molar-refractivity contribution in [2.75, 3.05) is 25.0 Å². The molecular formula is C19H25N3O4. The second kappa shape index (κ2) is 8.21. The van der Waals surface area contributed by atoms with Crippen LogP contribution in [0.15, 0.2) is 24.3 Å². The van der Waals surface area contributed by atoms with Gasteiger partial charge in [-0.3, -0.25) is 14.9 Å². The summed E-state index contributed by atoms with van der Waals surface area (Å²) in [6, 6.07) is 6.76. The first-order valence-electron chi connectivity index (χ1n) is 9.20. The molecular weight excluding hydrogens is 334 g/mol. The molecule has 1 heterocycles. The molecule has 3 rings (SSSR count). The lowest BCUT2D eigenvalue weighted by Gasteiger charge is -2.32. The summed E-state index contributed by atoms with van der Waals surface area (Å²) in [6.07, 6.45) is 3.10. The number of hydrogen-bond donors (Lipinski definition) is 2. The third-order valence-corrected chi connectivity index (χ3v) is 4.74. The predicted molar refractivity (Wildman–Crippen MR) is 96.9 cm³/mol. The molecule has 140 valence electrons. The number of rotatable bonds is 5. The minimum absolute atomic E-state index is 0.0862. The van der Waals surface area contributed by atoms with Crippen LogP contribution in [0.4, 0.5) is 10.5 Å². The van der Waals surface area contributed by atoms with E-state index in [-0.39, 0.29) is 23.8 Å². The zero-order chi connectivity index (χ0) is 18.5. The number of piperidine rings is 1. The van der Waals surface area contributed by atoms with Gasteiger partial charge in [-0.15, -0.1) is 0 Å². The SMILES string of the molecule is CCOC(=O)Nc1ccc(C(=O)NC2CCN(C(=O)C3CC3)CC2)cc1. The van der Waals surface area contributed by atoms with Crippen molar-refractivity contribution in [3.8, 4) is 0 Å². The molecule has 1 aromatic carbocycles. The Morgan fingerprint density at radius 1 is 1.08 bits per heavy atom. The maximum absolute atomic E-state index is 12.4. The second-order valence-corrected chi connectivity index (χ2v) is 6.77. The largest absolute Gasteiger partial charge is 0.450 e. The molecule has 2 fully saturated rings. The summed E-state index contributed by atoms with van der Waals surface area (Å²) in [5.74, 6) is 0.391. The zero-order valence-electron chi connectivity index (χ0n) is 15.0. The van der Waals surface area contributed by atoms with Crippen molar-refractivity contribution in [3.05, 3.63) is 29.8 Å². The molecule has 0 bridgehead atoms. The van der Waals surface area contributed by atoms with Gasteiger partial charge in [0.25, 0.3) is 5.91 Å². The summed E-state index contributed by atoms with van der Waals surface area (Å²) in [6.45, 7) is 3.46. The monoisotopic (exact) mass is 359 g/mol. The van der Waals surface area contributed by atoms with E-state index in [1.807, 2.05) is 4.90 Å². The fourth-order valence-electron chi connectivity index (χ4n) is 3.09. The molecule has 0 aromatic heterocycles. The van der Waals surface area contributed by atoms with Gasteiger partial charge in [-0.1, -0.05) is 0 Å². The van der Waals surface area contributed by atoms with Crippen molar-refractivity contribution in [2.45, 2.75) is 38.6 Å². The average Bonchev–Trinajstić information content (AvgIpc) is 3.48. The summed E-state index contributed by atoms with van der Waals surface area (Å²) < 4.78 is 4.81. The van der Waals surface area contributed by atoms with Gasteiger partial charge in [-0.2, -0.15) is 0 Å². The van der Waals surface area contributed by atoms with Crippen molar-refractivity contribution in [2.24, 2.45) is 5.92 Å². The van der Waals surface area contributed by atoms with Gasteiger partial charge in [0.1, 0.15) is 0 Å². The normalized spacial score (nSPS) is 17.5. The topological polar surface area (TPSA) is 87.7 Å². The Bertz CT molecular complexity index is 662. The summed E-state index contributed by atoms with van der Waals surface area (Å²) in [5.41, 5.74) is 1.11. The van der Waals surface area contributed by atoms with Crippen molar-refractivity contribution in [1.29, 1.82) is 0 Å². The highest BCUT2D eigenvalue weighted by Crippen LogP contribution is 2.31. The molecule has 1 aliphatic carbocycles. The molecule has 1 saturated heterocycles. The van der Waals surface area contributed by atoms with Crippen LogP contribution in [-0.2, 0) is 9.53 Å². The van der Waals surface area contributed by atoms with E-state index in [9.17, 15) is 14.4 Å². The first kappa shape index (κ1) is 18.2. The van der Waals surface area contributed by atoms with Crippen molar-refractivity contribution >= 4 is 23.6 Å². The van der Waals surface area contributed by atoms with Gasteiger partial charge in [0, 0.05) is 36.3 Å². The molecule has 2 aliphatic rings. The van der Waals surface area contributed by atoms with E-state index in [4.69, 9.17) is 4.74 Å². The maximum atomic E-state index is 12.4. The molecule has 7 nitrogen and oxygen atoms in total. The van der Waals surface area contributed by atoms with Gasteiger partial charge in [0.2, 0.25) is 5.91 Å². The van der Waals surface area contributed by atoms with Crippen LogP contribution >= 0.6 is 0 Å². The first-order chi connectivity index (χ1) is 12.6. The number of hydrogen-bond acceptors (Lipinski definition) is 4. The van der Waals surface area contributed by atoms with Crippen LogP contribution in [0.25, 0.3) is 0 Å². The molecule has 0 unspecified atom stereocenters. The van der Waals surface area contributed by atoms with E-state index in [2.05, 4.69) is 10.6 Å². The van der Waals surface area contributed by atoms with Crippen molar-refractivity contribution in [1.82, 2.24) is 10.2 Å². The molecule has 7 heteroatoms. The molecule has 1 aromatic rings. The average molecular weight is 359 g/mol. The van der Waals surface area contributed by atoms with Gasteiger partial charge in [-0.05, 0) is 56.9 Å². The highest BCUT2D eigenvalue weighted by Gasteiger charge is 2.35. The van der Waals surface area contributed by atoms with E-state index < -0.39 is 6.09 Å². The highest BCUT2D eigenvalue weighted by molar-refractivity contribution is 5.95. The molecule has 2 N–H and O–H groups in total. The number of anilines is 1. The lowest BCUT2D eigenvalue weighted by Crippen LogP contribution is -2.47. The number of nitrogens with one attached hydrogen (secondary N) is 2. The first-order valence-corrected chi connectivity index (χ1v) is 9.20. The van der Waals surface area contributed by atoms with Crippen molar-refractivity contribution in [3.63, 3.8) is 0 Å². The third-order valence-electron chi connectivity index (χ3n) is 4.74. The van der Waals surface area contributed by atoms with Crippen LogP contribution in [0.1, 0.15) is 43.0 Å². The summed E-state index contributed by atoms with van der Waals surface area (Å²) in [7, 11) is 0. The van der Waals surface area contributed by atoms with Crippen LogP contribution < -0.4 is 10.6 Å². The van der Waals surface area contributed by atoms with Gasteiger partial charge < -0.3 is 15.0 Å². The van der Waals surface area contributed by atoms with Crippen LogP contribution in [0.2, 0.25) is 0 Å². The number of benzene rings is 1. The standard InChI is InChI=1S/C19H25N3O4/c1-2-26-19(25)21-15-7-5-13(6-8-15)17(23)20-16-9-11-22(12-10-16)18(24)14-3-4-14/h5-8,14,16H,2-4,9-12H2,1H3,(H,20,23)(H,21,25). The van der Waals surface area contributed by atoms with E-state index in [1.54, 1.807) is 31.2 Å². The number of ether oxygens (including phenoxy) is 1. The molecule has 1 saturated carbocycles. The maximum Gasteiger partial charge on any atom is 0.411 e. The second-order valence-electron chi connectivity index (χ2n) is 6.77. The van der Waals surface area contributed by atoms with Gasteiger partial charge in [0.05, 0.1) is 6.61 Å². The number of carbonyl (C=O) groups excluding carboxylic acids is 3. The Morgan fingerprint density at radius 3 is 2.31 bits per heavy atom. The Hall–Kier alpha value is -2.57. The molecule has 3 amide bonds. The molecule has 26 heavy (non-hydrogen) atoms. The quantitative estimate of drug-likeness (QED) is 0.845. The Morgan fingerprint density at radius 2 is 1.73 bits per heavy atom. The molecule has 1 aliphatic heterocycles. The van der Waals surface area contributed by atoms with Gasteiger partial charge in [-0.25, -0.2) is 4.79 Å². The Kier molecular flexibility index (Phi) is 5.75. The Labute approximate surface area is 153 Å². The predicted octanol–water partition coefficient (Wildman–Crippen LogP) is 2.39. The smallest absolute Gasteiger partial charge is 0.411 e. The fraction of sp³-hybridized carbons (Fsp3) is 0.526. The van der Waals surface area contributed by atoms with E-state index >= 15 is 0 Å². The van der Waals surface area contributed by atoms with Crippen LogP contribution in [0, 0.1) is 5.92 Å². The highest BCUT2D eigenvalue weighted by atomic mass is 16.5. The molecule has 0 atom stereocenters. The number of carbonyl (C=O) groups is 3. The number of amides is 3. The van der Waals surface area contributed by atoms with Gasteiger partial charge in [0.15, 0.2) is 0 Å². The molecule has 0 radical (unpaired) electrons. The van der Waals surface area contributed by atoms with E-state index in [0.29, 0.717) is 30.9 Å². The fourth-order valence-corrected chi connectivity index (χ4v) is 3.09. The Balaban J connectivity index is 1.46. The van der Waals surface area contributed by atoms with Crippen molar-refractivity contribution < 1.29 is 19.1 Å². The third kappa shape index (κ3) is 4.74. The summed E-state index contributed by atoms with van der Waals surface area (Å²) in [4.78, 5) is 37.7. The number of nitrogens with zero attached hydrogens (tertiary/aromatic N) is 1. The minimum Gasteiger partial charge on any atom is -0.450 e. The lowest BCUT2D eigenvalue weighted by atomic mass is 10.0. The van der Waals surface area contributed by atoms with Crippen LogP contribution in [0.3, 0.4) is 0 Å². The number of likely N-dealkylation sites (tertiary alicyclic amines) is 1. The van der Waals surface area contributed by atoms with Gasteiger partial charge >= 0.3 is 6.09 Å². The van der Waals surface area contributed by atoms with E-state index in [1.165, 1.54) is 0 Å². The molecule has 0 spiro atoms. The zero-order valence-corrected chi connectivity index (χ0v) is 15.0.